The Morgan fingerprint density at radius 1 is 1.10 bits per heavy atom. The lowest BCUT2D eigenvalue weighted by Gasteiger charge is -2.23. The Morgan fingerprint density at radius 3 is 2.55 bits per heavy atom. The van der Waals surface area contributed by atoms with Crippen molar-refractivity contribution < 1.29 is 14.3 Å². The van der Waals surface area contributed by atoms with Crippen LogP contribution < -0.4 is 5.32 Å². The molecular weight excluding hydrogens is 410 g/mol. The summed E-state index contributed by atoms with van der Waals surface area (Å²) in [6.45, 7) is 9.56. The average molecular weight is 444 g/mol. The topological polar surface area (TPSA) is 61.9 Å². The summed E-state index contributed by atoms with van der Waals surface area (Å²) in [7, 11) is 0. The lowest BCUT2D eigenvalue weighted by molar-refractivity contribution is -0.122. The minimum atomic E-state index is -0.253. The molecule has 2 amide bonds. The Kier molecular flexibility index (Phi) is 8.49. The number of rotatable bonds is 7. The van der Waals surface area contributed by atoms with Crippen LogP contribution in [0.1, 0.15) is 42.3 Å². The van der Waals surface area contributed by atoms with Gasteiger partial charge in [0.05, 0.1) is 19.2 Å². The lowest BCUT2D eigenvalue weighted by atomic mass is 10.0. The predicted molar refractivity (Wildman–Crippen MR) is 124 cm³/mol. The molecule has 1 unspecified atom stereocenters. The monoisotopic (exact) mass is 443 g/mol. The Bertz CT molecular complexity index is 836. The normalized spacial score (nSPS) is 16.1. The van der Waals surface area contributed by atoms with Gasteiger partial charge in [0.25, 0.3) is 0 Å². The average Bonchev–Trinajstić information content (AvgIpc) is 3.17. The highest BCUT2D eigenvalue weighted by Gasteiger charge is 2.23. The Balaban J connectivity index is 1.56. The smallest absolute Gasteiger partial charge is 0.409 e. The van der Waals surface area contributed by atoms with Gasteiger partial charge in [-0.1, -0.05) is 49.7 Å². The summed E-state index contributed by atoms with van der Waals surface area (Å²) in [5, 5.41) is 5.25. The zero-order chi connectivity index (χ0) is 22.2. The van der Waals surface area contributed by atoms with Crippen LogP contribution in [-0.4, -0.2) is 61.1 Å². The molecule has 1 aromatic carbocycles. The second-order valence-corrected chi connectivity index (χ2v) is 9.49. The van der Waals surface area contributed by atoms with Crippen LogP contribution in [0.15, 0.2) is 41.8 Å². The van der Waals surface area contributed by atoms with Crippen molar-refractivity contribution in [2.75, 3.05) is 39.3 Å². The van der Waals surface area contributed by atoms with E-state index in [0.29, 0.717) is 38.7 Å². The number of carbonyl (C=O) groups excluding carboxylic acids is 2. The quantitative estimate of drug-likeness (QED) is 0.701. The van der Waals surface area contributed by atoms with Crippen LogP contribution in [0.2, 0.25) is 0 Å². The minimum absolute atomic E-state index is 0.00481. The summed E-state index contributed by atoms with van der Waals surface area (Å²) in [6, 6.07) is 12.2. The van der Waals surface area contributed by atoms with Gasteiger partial charge in [-0.05, 0) is 36.3 Å². The van der Waals surface area contributed by atoms with E-state index in [1.165, 1.54) is 5.56 Å². The molecule has 0 radical (unpaired) electrons. The van der Waals surface area contributed by atoms with Crippen LogP contribution in [0, 0.1) is 12.8 Å². The number of carbonyl (C=O) groups is 2. The molecule has 1 fully saturated rings. The summed E-state index contributed by atoms with van der Waals surface area (Å²) in [6.07, 6.45) is 0.577. The van der Waals surface area contributed by atoms with Gasteiger partial charge in [0.15, 0.2) is 0 Å². The van der Waals surface area contributed by atoms with Crippen LogP contribution in [0.3, 0.4) is 0 Å². The second-order valence-electron chi connectivity index (χ2n) is 8.51. The van der Waals surface area contributed by atoms with Gasteiger partial charge in [0, 0.05) is 31.1 Å². The van der Waals surface area contributed by atoms with E-state index in [0.717, 1.165) is 23.4 Å². The number of hydrogen-bond acceptors (Lipinski definition) is 5. The van der Waals surface area contributed by atoms with Gasteiger partial charge in [-0.15, -0.1) is 11.3 Å². The molecule has 6 nitrogen and oxygen atoms in total. The van der Waals surface area contributed by atoms with Crippen LogP contribution in [0.5, 0.6) is 0 Å². The third kappa shape index (κ3) is 7.08. The van der Waals surface area contributed by atoms with Gasteiger partial charge < -0.3 is 15.0 Å². The molecule has 7 heteroatoms. The first kappa shape index (κ1) is 23.3. The highest BCUT2D eigenvalue weighted by molar-refractivity contribution is 7.10. The van der Waals surface area contributed by atoms with Gasteiger partial charge >= 0.3 is 6.09 Å². The van der Waals surface area contributed by atoms with Gasteiger partial charge in [-0.2, -0.15) is 0 Å². The number of amides is 2. The van der Waals surface area contributed by atoms with Crippen LogP contribution in [0.25, 0.3) is 0 Å². The van der Waals surface area contributed by atoms with Crippen molar-refractivity contribution >= 4 is 23.3 Å². The minimum Gasteiger partial charge on any atom is -0.449 e. The predicted octanol–water partition coefficient (Wildman–Crippen LogP) is 4.06. The Labute approximate surface area is 189 Å². The number of nitrogens with zero attached hydrogens (tertiary/aromatic N) is 2. The highest BCUT2D eigenvalue weighted by Crippen LogP contribution is 2.26. The number of ether oxygens (including phenoxy) is 1. The van der Waals surface area contributed by atoms with E-state index >= 15 is 0 Å². The van der Waals surface area contributed by atoms with Crippen molar-refractivity contribution in [1.29, 1.82) is 0 Å². The molecule has 1 aliphatic heterocycles. The van der Waals surface area contributed by atoms with Crippen molar-refractivity contribution in [3.05, 3.63) is 57.8 Å². The maximum atomic E-state index is 12.9. The lowest BCUT2D eigenvalue weighted by Crippen LogP contribution is -2.41. The Morgan fingerprint density at radius 2 is 1.87 bits per heavy atom. The standard InChI is InChI=1S/C24H33N3O3S/c1-18(2)17-30-24(29)27-12-5-11-26(13-14-27)16-22(28)25-23(21-6-4-15-31-21)20-9-7-19(3)8-10-20/h4,6-10,15,18,23H,5,11-14,16-17H2,1-3H3,(H,25,28). The van der Waals surface area contributed by atoms with E-state index in [4.69, 9.17) is 4.74 Å². The van der Waals surface area contributed by atoms with E-state index < -0.39 is 0 Å². The zero-order valence-electron chi connectivity index (χ0n) is 18.7. The van der Waals surface area contributed by atoms with E-state index in [1.54, 1.807) is 16.2 Å². The van der Waals surface area contributed by atoms with E-state index in [-0.39, 0.29) is 18.0 Å². The molecule has 1 aromatic heterocycles. The summed E-state index contributed by atoms with van der Waals surface area (Å²) in [5.74, 6) is 0.316. The third-order valence-corrected chi connectivity index (χ3v) is 6.23. The molecular formula is C24H33N3O3S. The molecule has 3 rings (SSSR count). The number of benzene rings is 1. The SMILES string of the molecule is Cc1ccc(C(NC(=O)CN2CCCN(C(=O)OCC(C)C)CC2)c2cccs2)cc1. The Hall–Kier alpha value is -2.38. The van der Waals surface area contributed by atoms with Gasteiger partial charge in [-0.3, -0.25) is 9.69 Å². The van der Waals surface area contributed by atoms with Gasteiger partial charge in [-0.25, -0.2) is 4.79 Å². The molecule has 1 atom stereocenters. The zero-order valence-corrected chi connectivity index (χ0v) is 19.5. The summed E-state index contributed by atoms with van der Waals surface area (Å²) >= 11 is 1.65. The first-order valence-electron chi connectivity index (χ1n) is 11.0. The van der Waals surface area contributed by atoms with Crippen LogP contribution >= 0.6 is 11.3 Å². The summed E-state index contributed by atoms with van der Waals surface area (Å²) in [5.41, 5.74) is 2.28. The summed E-state index contributed by atoms with van der Waals surface area (Å²) < 4.78 is 5.36. The molecule has 31 heavy (non-hydrogen) atoms. The molecule has 0 saturated carbocycles. The van der Waals surface area contributed by atoms with E-state index in [2.05, 4.69) is 47.5 Å². The highest BCUT2D eigenvalue weighted by atomic mass is 32.1. The number of nitrogens with one attached hydrogen (secondary N) is 1. The first-order chi connectivity index (χ1) is 14.9. The van der Waals surface area contributed by atoms with Crippen molar-refractivity contribution in [3.8, 4) is 0 Å². The molecule has 2 aromatic rings. The molecule has 1 N–H and O–H groups in total. The fourth-order valence-electron chi connectivity index (χ4n) is 3.58. The molecule has 2 heterocycles. The van der Waals surface area contributed by atoms with Crippen molar-refractivity contribution in [2.45, 2.75) is 33.2 Å². The van der Waals surface area contributed by atoms with Crippen molar-refractivity contribution in [1.82, 2.24) is 15.1 Å². The van der Waals surface area contributed by atoms with Crippen molar-refractivity contribution in [3.63, 3.8) is 0 Å². The molecule has 0 bridgehead atoms. The molecule has 1 aliphatic rings. The van der Waals surface area contributed by atoms with Crippen molar-refractivity contribution in [2.24, 2.45) is 5.92 Å². The number of thiophene rings is 1. The van der Waals surface area contributed by atoms with Gasteiger partial charge in [0.2, 0.25) is 5.91 Å². The van der Waals surface area contributed by atoms with E-state index in [9.17, 15) is 9.59 Å². The molecule has 168 valence electrons. The first-order valence-corrected chi connectivity index (χ1v) is 11.8. The van der Waals surface area contributed by atoms with Crippen LogP contribution in [0.4, 0.5) is 4.79 Å². The molecule has 0 aliphatic carbocycles. The third-order valence-electron chi connectivity index (χ3n) is 5.30. The fraction of sp³-hybridized carbons (Fsp3) is 0.500. The number of hydrogen-bond donors (Lipinski definition) is 1. The maximum Gasteiger partial charge on any atom is 0.409 e. The fourth-order valence-corrected chi connectivity index (χ4v) is 4.39. The molecule has 1 saturated heterocycles. The van der Waals surface area contributed by atoms with E-state index in [1.807, 2.05) is 25.3 Å². The summed E-state index contributed by atoms with van der Waals surface area (Å²) in [4.78, 5) is 30.1. The number of aryl methyl sites for hydroxylation is 1. The van der Waals surface area contributed by atoms with Crippen LogP contribution in [-0.2, 0) is 9.53 Å². The van der Waals surface area contributed by atoms with Gasteiger partial charge in [0.1, 0.15) is 0 Å². The second kappa shape index (κ2) is 11.3. The largest absolute Gasteiger partial charge is 0.449 e. The molecule has 0 spiro atoms. The maximum absolute atomic E-state index is 12.9.